The molecule has 2 aromatic carbocycles. The standard InChI is InChI=1S/C21H23ClN2O4/c1-27-18-8-6-17(7-9-18)23-10-12-24(13-11-23)20(25)15-28-21(26)14-16-4-2-3-5-19(16)22/h2-9H,10-15H2,1H3. The van der Waals surface area contributed by atoms with Crippen molar-refractivity contribution in [1.82, 2.24) is 4.90 Å². The van der Waals surface area contributed by atoms with Gasteiger partial charge in [0.2, 0.25) is 0 Å². The second-order valence-electron chi connectivity index (χ2n) is 6.49. The topological polar surface area (TPSA) is 59.1 Å². The summed E-state index contributed by atoms with van der Waals surface area (Å²) >= 11 is 6.04. The van der Waals surface area contributed by atoms with Crippen molar-refractivity contribution in [2.45, 2.75) is 6.42 Å². The number of anilines is 1. The van der Waals surface area contributed by atoms with Gasteiger partial charge < -0.3 is 19.3 Å². The lowest BCUT2D eigenvalue weighted by molar-refractivity contribution is -0.151. The molecule has 1 aliphatic rings. The molecule has 0 aromatic heterocycles. The number of carbonyl (C=O) groups is 2. The van der Waals surface area contributed by atoms with Gasteiger partial charge in [-0.3, -0.25) is 9.59 Å². The molecule has 0 unspecified atom stereocenters. The number of esters is 1. The molecule has 0 radical (unpaired) electrons. The van der Waals surface area contributed by atoms with Crippen LogP contribution in [0, 0.1) is 0 Å². The van der Waals surface area contributed by atoms with Gasteiger partial charge in [0.1, 0.15) is 5.75 Å². The molecule has 0 aliphatic carbocycles. The monoisotopic (exact) mass is 402 g/mol. The van der Waals surface area contributed by atoms with Crippen molar-refractivity contribution in [2.75, 3.05) is 44.8 Å². The third kappa shape index (κ3) is 5.16. The number of nitrogens with zero attached hydrogens (tertiary/aromatic N) is 2. The van der Waals surface area contributed by atoms with E-state index in [9.17, 15) is 9.59 Å². The molecule has 1 aliphatic heterocycles. The van der Waals surface area contributed by atoms with Crippen molar-refractivity contribution in [1.29, 1.82) is 0 Å². The predicted molar refractivity (Wildman–Crippen MR) is 108 cm³/mol. The molecule has 0 N–H and O–H groups in total. The van der Waals surface area contributed by atoms with Crippen LogP contribution in [-0.4, -0.2) is 56.7 Å². The van der Waals surface area contributed by atoms with Crippen molar-refractivity contribution in [3.8, 4) is 5.75 Å². The Morgan fingerprint density at radius 1 is 1.00 bits per heavy atom. The minimum absolute atomic E-state index is 0.0538. The SMILES string of the molecule is COc1ccc(N2CCN(C(=O)COC(=O)Cc3ccccc3Cl)CC2)cc1. The highest BCUT2D eigenvalue weighted by Gasteiger charge is 2.22. The van der Waals surface area contributed by atoms with Gasteiger partial charge in [-0.05, 0) is 35.9 Å². The molecule has 1 amide bonds. The van der Waals surface area contributed by atoms with Gasteiger partial charge in [-0.25, -0.2) is 0 Å². The van der Waals surface area contributed by atoms with E-state index >= 15 is 0 Å². The van der Waals surface area contributed by atoms with Crippen LogP contribution in [0.15, 0.2) is 48.5 Å². The molecule has 0 saturated carbocycles. The Morgan fingerprint density at radius 2 is 1.68 bits per heavy atom. The maximum absolute atomic E-state index is 12.3. The highest BCUT2D eigenvalue weighted by Crippen LogP contribution is 2.20. The van der Waals surface area contributed by atoms with Gasteiger partial charge >= 0.3 is 5.97 Å². The molecule has 28 heavy (non-hydrogen) atoms. The molecule has 148 valence electrons. The number of carbonyl (C=O) groups excluding carboxylic acids is 2. The zero-order chi connectivity index (χ0) is 19.9. The van der Waals surface area contributed by atoms with Gasteiger partial charge in [0.25, 0.3) is 5.91 Å². The summed E-state index contributed by atoms with van der Waals surface area (Å²) < 4.78 is 10.3. The molecule has 0 spiro atoms. The predicted octanol–water partition coefficient (Wildman–Crippen LogP) is 2.78. The van der Waals surface area contributed by atoms with Crippen molar-refractivity contribution < 1.29 is 19.1 Å². The minimum atomic E-state index is -0.460. The molecule has 0 atom stereocenters. The Labute approximate surface area is 169 Å². The van der Waals surface area contributed by atoms with E-state index in [1.54, 1.807) is 30.2 Å². The van der Waals surface area contributed by atoms with Crippen LogP contribution in [0.25, 0.3) is 0 Å². The van der Waals surface area contributed by atoms with Crippen LogP contribution < -0.4 is 9.64 Å². The van der Waals surface area contributed by atoms with E-state index in [2.05, 4.69) is 4.90 Å². The number of benzene rings is 2. The quantitative estimate of drug-likeness (QED) is 0.695. The smallest absolute Gasteiger partial charge is 0.310 e. The van der Waals surface area contributed by atoms with E-state index in [1.807, 2.05) is 30.3 Å². The first-order chi connectivity index (χ1) is 13.6. The Hall–Kier alpha value is -2.73. The van der Waals surface area contributed by atoms with E-state index in [0.29, 0.717) is 23.7 Å². The summed E-state index contributed by atoms with van der Waals surface area (Å²) in [5, 5.41) is 0.514. The highest BCUT2D eigenvalue weighted by atomic mass is 35.5. The zero-order valence-electron chi connectivity index (χ0n) is 15.8. The Bertz CT molecular complexity index is 817. The average molecular weight is 403 g/mol. The van der Waals surface area contributed by atoms with E-state index in [-0.39, 0.29) is 18.9 Å². The lowest BCUT2D eigenvalue weighted by Gasteiger charge is -2.36. The fourth-order valence-electron chi connectivity index (χ4n) is 3.09. The number of piperazine rings is 1. The summed E-state index contributed by atoms with van der Waals surface area (Å²) in [7, 11) is 1.64. The van der Waals surface area contributed by atoms with Gasteiger partial charge in [-0.2, -0.15) is 0 Å². The molecule has 1 saturated heterocycles. The number of hydrogen-bond acceptors (Lipinski definition) is 5. The fraction of sp³-hybridized carbons (Fsp3) is 0.333. The zero-order valence-corrected chi connectivity index (χ0v) is 16.5. The van der Waals surface area contributed by atoms with Gasteiger partial charge in [0.05, 0.1) is 13.5 Å². The molecule has 3 rings (SSSR count). The summed E-state index contributed by atoms with van der Waals surface area (Å²) in [6, 6.07) is 15.0. The summed E-state index contributed by atoms with van der Waals surface area (Å²) in [5.41, 5.74) is 1.79. The maximum atomic E-state index is 12.3. The maximum Gasteiger partial charge on any atom is 0.310 e. The molecular formula is C21H23ClN2O4. The molecule has 2 aromatic rings. The molecule has 7 heteroatoms. The van der Waals surface area contributed by atoms with Gasteiger partial charge in [0, 0.05) is 36.9 Å². The number of ether oxygens (including phenoxy) is 2. The summed E-state index contributed by atoms with van der Waals surface area (Å²) in [4.78, 5) is 28.2. The van der Waals surface area contributed by atoms with Crippen molar-refractivity contribution >= 4 is 29.2 Å². The highest BCUT2D eigenvalue weighted by molar-refractivity contribution is 6.31. The Morgan fingerprint density at radius 3 is 2.32 bits per heavy atom. The second-order valence-corrected chi connectivity index (χ2v) is 6.90. The summed E-state index contributed by atoms with van der Waals surface area (Å²) in [6.07, 6.45) is 0.0538. The summed E-state index contributed by atoms with van der Waals surface area (Å²) in [6.45, 7) is 2.39. The Kier molecular flexibility index (Phi) is 6.76. The number of amides is 1. The average Bonchev–Trinajstić information content (AvgIpc) is 2.74. The number of halogens is 1. The lowest BCUT2D eigenvalue weighted by Crippen LogP contribution is -2.49. The third-order valence-electron chi connectivity index (χ3n) is 4.72. The minimum Gasteiger partial charge on any atom is -0.497 e. The van der Waals surface area contributed by atoms with Crippen LogP contribution >= 0.6 is 11.6 Å². The van der Waals surface area contributed by atoms with Crippen molar-refractivity contribution in [2.24, 2.45) is 0 Å². The third-order valence-corrected chi connectivity index (χ3v) is 5.09. The van der Waals surface area contributed by atoms with Crippen LogP contribution in [0.5, 0.6) is 5.75 Å². The normalized spacial score (nSPS) is 13.9. The van der Waals surface area contributed by atoms with Gasteiger partial charge in [-0.1, -0.05) is 29.8 Å². The first-order valence-corrected chi connectivity index (χ1v) is 9.50. The summed E-state index contributed by atoms with van der Waals surface area (Å²) in [5.74, 6) is 0.177. The second kappa shape index (κ2) is 9.46. The van der Waals surface area contributed by atoms with Gasteiger partial charge in [0.15, 0.2) is 6.61 Å². The van der Waals surface area contributed by atoms with Crippen molar-refractivity contribution in [3.63, 3.8) is 0 Å². The largest absolute Gasteiger partial charge is 0.497 e. The fourth-order valence-corrected chi connectivity index (χ4v) is 3.29. The number of methoxy groups -OCH3 is 1. The number of rotatable bonds is 6. The van der Waals surface area contributed by atoms with E-state index < -0.39 is 5.97 Å². The Balaban J connectivity index is 1.43. The van der Waals surface area contributed by atoms with Crippen LogP contribution in [0.1, 0.15) is 5.56 Å². The van der Waals surface area contributed by atoms with Crippen LogP contribution in [0.3, 0.4) is 0 Å². The first-order valence-electron chi connectivity index (χ1n) is 9.12. The molecule has 6 nitrogen and oxygen atoms in total. The van der Waals surface area contributed by atoms with E-state index in [4.69, 9.17) is 21.1 Å². The van der Waals surface area contributed by atoms with Crippen LogP contribution in [-0.2, 0) is 20.7 Å². The number of hydrogen-bond donors (Lipinski definition) is 0. The van der Waals surface area contributed by atoms with Crippen molar-refractivity contribution in [3.05, 3.63) is 59.1 Å². The molecular weight excluding hydrogens is 380 g/mol. The van der Waals surface area contributed by atoms with Crippen LogP contribution in [0.2, 0.25) is 5.02 Å². The molecule has 0 bridgehead atoms. The molecule has 1 heterocycles. The molecule has 1 fully saturated rings. The van der Waals surface area contributed by atoms with E-state index in [1.165, 1.54) is 0 Å². The van der Waals surface area contributed by atoms with Crippen LogP contribution in [0.4, 0.5) is 5.69 Å². The lowest BCUT2D eigenvalue weighted by atomic mass is 10.1. The van der Waals surface area contributed by atoms with Gasteiger partial charge in [-0.15, -0.1) is 0 Å². The first kappa shape index (κ1) is 20.0. The van der Waals surface area contributed by atoms with E-state index in [0.717, 1.165) is 24.5 Å².